The molecule has 0 heterocycles. The van der Waals surface area contributed by atoms with Gasteiger partial charge >= 0.3 is 0 Å². The smallest absolute Gasteiger partial charge is 0.262 e. The van der Waals surface area contributed by atoms with Gasteiger partial charge in [0.2, 0.25) is 0 Å². The van der Waals surface area contributed by atoms with Gasteiger partial charge in [-0.3, -0.25) is 4.72 Å². The molecule has 7 heteroatoms. The van der Waals surface area contributed by atoms with Crippen LogP contribution in [0.4, 0.5) is 11.4 Å². The Kier molecular flexibility index (Phi) is 4.46. The molecule has 3 N–H and O–H groups in total. The molecule has 0 aliphatic heterocycles. The summed E-state index contributed by atoms with van der Waals surface area (Å²) in [7, 11) is -3.70. The van der Waals surface area contributed by atoms with E-state index in [2.05, 4.69) is 27.3 Å². The number of rotatable bonds is 3. The van der Waals surface area contributed by atoms with E-state index < -0.39 is 10.0 Å². The van der Waals surface area contributed by atoms with E-state index in [4.69, 9.17) is 17.3 Å². The highest BCUT2D eigenvalue weighted by Gasteiger charge is 2.16. The van der Waals surface area contributed by atoms with Gasteiger partial charge in [0, 0.05) is 9.26 Å². The number of nitrogens with one attached hydrogen (secondary N) is 1. The van der Waals surface area contributed by atoms with Gasteiger partial charge in [0.25, 0.3) is 10.0 Å². The number of hydrogen-bond donors (Lipinski definition) is 2. The van der Waals surface area contributed by atoms with Crippen molar-refractivity contribution in [2.45, 2.75) is 11.8 Å². The van der Waals surface area contributed by atoms with Crippen LogP contribution < -0.4 is 10.5 Å². The van der Waals surface area contributed by atoms with Crippen molar-refractivity contribution in [3.63, 3.8) is 0 Å². The van der Waals surface area contributed by atoms with Gasteiger partial charge in [0.15, 0.2) is 0 Å². The molecular formula is C13H12ClIN2O2S. The lowest BCUT2D eigenvalue weighted by molar-refractivity contribution is 0.601. The summed E-state index contributed by atoms with van der Waals surface area (Å²) in [5, 5.41) is 0.348. The van der Waals surface area contributed by atoms with Gasteiger partial charge < -0.3 is 5.73 Å². The van der Waals surface area contributed by atoms with Crippen LogP contribution in [-0.4, -0.2) is 8.42 Å². The Morgan fingerprint density at radius 3 is 2.50 bits per heavy atom. The minimum absolute atomic E-state index is 0.107. The van der Waals surface area contributed by atoms with Crippen molar-refractivity contribution in [1.82, 2.24) is 0 Å². The average molecular weight is 423 g/mol. The molecule has 0 spiro atoms. The van der Waals surface area contributed by atoms with Gasteiger partial charge in [-0.25, -0.2) is 8.42 Å². The molecule has 2 rings (SSSR count). The van der Waals surface area contributed by atoms with Gasteiger partial charge in [-0.1, -0.05) is 17.7 Å². The summed E-state index contributed by atoms with van der Waals surface area (Å²) in [5.41, 5.74) is 7.34. The molecule has 4 nitrogen and oxygen atoms in total. The summed E-state index contributed by atoms with van der Waals surface area (Å²) in [4.78, 5) is 0.107. The molecule has 0 saturated carbocycles. The first-order valence-electron chi connectivity index (χ1n) is 5.63. The van der Waals surface area contributed by atoms with Crippen LogP contribution in [0.15, 0.2) is 41.3 Å². The minimum atomic E-state index is -3.70. The number of anilines is 2. The lowest BCUT2D eigenvalue weighted by Crippen LogP contribution is -2.13. The Morgan fingerprint density at radius 2 is 1.90 bits per heavy atom. The van der Waals surface area contributed by atoms with Gasteiger partial charge in [0.05, 0.1) is 15.6 Å². The highest BCUT2D eigenvalue weighted by molar-refractivity contribution is 14.1. The van der Waals surface area contributed by atoms with E-state index in [1.165, 1.54) is 12.1 Å². The van der Waals surface area contributed by atoms with E-state index in [1.807, 2.05) is 6.92 Å². The molecule has 0 radical (unpaired) electrons. The molecule has 0 fully saturated rings. The first kappa shape index (κ1) is 15.4. The fraction of sp³-hybridized carbons (Fsp3) is 0.0769. The van der Waals surface area contributed by atoms with Crippen LogP contribution in [0.1, 0.15) is 5.56 Å². The predicted octanol–water partition coefficient (Wildman–Crippen LogP) is 3.64. The van der Waals surface area contributed by atoms with Crippen molar-refractivity contribution in [2.75, 3.05) is 10.5 Å². The van der Waals surface area contributed by atoms with E-state index in [0.717, 1.165) is 9.13 Å². The Labute approximate surface area is 136 Å². The summed E-state index contributed by atoms with van der Waals surface area (Å²) in [6, 6.07) is 9.68. The molecule has 106 valence electrons. The second kappa shape index (κ2) is 5.79. The number of nitrogens with two attached hydrogens (primary N) is 1. The Hall–Kier alpha value is -0.990. The third-order valence-electron chi connectivity index (χ3n) is 2.74. The van der Waals surface area contributed by atoms with Crippen LogP contribution in [0.2, 0.25) is 5.02 Å². The largest absolute Gasteiger partial charge is 0.398 e. The van der Waals surface area contributed by atoms with E-state index in [9.17, 15) is 8.42 Å². The summed E-state index contributed by atoms with van der Waals surface area (Å²) in [6.07, 6.45) is 0. The van der Waals surface area contributed by atoms with Crippen LogP contribution in [0, 0.1) is 10.5 Å². The monoisotopic (exact) mass is 422 g/mol. The summed E-state index contributed by atoms with van der Waals surface area (Å²) >= 11 is 8.12. The van der Waals surface area contributed by atoms with Crippen molar-refractivity contribution in [3.05, 3.63) is 50.6 Å². The van der Waals surface area contributed by atoms with Crippen molar-refractivity contribution in [3.8, 4) is 0 Å². The molecule has 0 atom stereocenters. The molecule has 0 aliphatic rings. The van der Waals surface area contributed by atoms with Gasteiger partial charge in [-0.2, -0.15) is 0 Å². The quantitative estimate of drug-likeness (QED) is 0.586. The van der Waals surface area contributed by atoms with Crippen LogP contribution >= 0.6 is 34.2 Å². The van der Waals surface area contributed by atoms with E-state index in [-0.39, 0.29) is 4.90 Å². The Bertz CT molecular complexity index is 763. The lowest BCUT2D eigenvalue weighted by atomic mass is 10.2. The van der Waals surface area contributed by atoms with E-state index >= 15 is 0 Å². The highest BCUT2D eigenvalue weighted by Crippen LogP contribution is 2.27. The number of aryl methyl sites for hydroxylation is 1. The minimum Gasteiger partial charge on any atom is -0.398 e. The fourth-order valence-electron chi connectivity index (χ4n) is 1.56. The zero-order valence-corrected chi connectivity index (χ0v) is 14.3. The molecule has 2 aromatic rings. The van der Waals surface area contributed by atoms with Gasteiger partial charge in [-0.15, -0.1) is 0 Å². The maximum Gasteiger partial charge on any atom is 0.262 e. The zero-order chi connectivity index (χ0) is 14.9. The zero-order valence-electron chi connectivity index (χ0n) is 10.5. The third-order valence-corrected chi connectivity index (χ3v) is 5.08. The molecule has 0 aliphatic carbocycles. The fourth-order valence-corrected chi connectivity index (χ4v) is 3.64. The number of sulfonamides is 1. The van der Waals surface area contributed by atoms with E-state index in [1.54, 1.807) is 24.3 Å². The maximum atomic E-state index is 12.3. The molecule has 0 saturated heterocycles. The Balaban J connectivity index is 2.38. The first-order valence-corrected chi connectivity index (χ1v) is 8.57. The van der Waals surface area contributed by atoms with Crippen molar-refractivity contribution in [1.29, 1.82) is 0 Å². The number of benzene rings is 2. The van der Waals surface area contributed by atoms with Crippen LogP contribution in [0.25, 0.3) is 0 Å². The Morgan fingerprint density at radius 1 is 1.20 bits per heavy atom. The van der Waals surface area contributed by atoms with Crippen molar-refractivity contribution >= 4 is 55.6 Å². The maximum absolute atomic E-state index is 12.3. The van der Waals surface area contributed by atoms with Crippen LogP contribution in [0.5, 0.6) is 0 Å². The van der Waals surface area contributed by atoms with Crippen molar-refractivity contribution in [2.24, 2.45) is 0 Å². The SMILES string of the molecule is Cc1ccc(S(=O)(=O)Nc2ccc(I)cc2Cl)cc1N. The number of halogens is 2. The first-order chi connectivity index (χ1) is 9.29. The van der Waals surface area contributed by atoms with E-state index in [0.29, 0.717) is 16.4 Å². The lowest BCUT2D eigenvalue weighted by Gasteiger charge is -2.11. The number of hydrogen-bond acceptors (Lipinski definition) is 3. The summed E-state index contributed by atoms with van der Waals surface area (Å²) < 4.78 is 27.9. The van der Waals surface area contributed by atoms with Gasteiger partial charge in [-0.05, 0) is 65.4 Å². The second-order valence-corrected chi connectivity index (χ2v) is 7.58. The molecule has 0 bridgehead atoms. The highest BCUT2D eigenvalue weighted by atomic mass is 127. The molecule has 0 aromatic heterocycles. The molecular weight excluding hydrogens is 411 g/mol. The standard InChI is InChI=1S/C13H12ClIN2O2S/c1-8-2-4-10(7-12(8)16)20(18,19)17-13-5-3-9(15)6-11(13)14/h2-7,17H,16H2,1H3. The van der Waals surface area contributed by atoms with Crippen LogP contribution in [0.3, 0.4) is 0 Å². The second-order valence-electron chi connectivity index (χ2n) is 4.25. The molecule has 0 unspecified atom stereocenters. The predicted molar refractivity (Wildman–Crippen MR) is 90.6 cm³/mol. The molecule has 2 aromatic carbocycles. The van der Waals surface area contributed by atoms with Crippen molar-refractivity contribution < 1.29 is 8.42 Å². The number of nitrogen functional groups attached to an aromatic ring is 1. The van der Waals surface area contributed by atoms with Crippen LogP contribution in [-0.2, 0) is 10.0 Å². The summed E-state index contributed by atoms with van der Waals surface area (Å²) in [6.45, 7) is 1.81. The molecule has 0 amide bonds. The normalized spacial score (nSPS) is 11.3. The molecule has 20 heavy (non-hydrogen) atoms. The van der Waals surface area contributed by atoms with Gasteiger partial charge in [0.1, 0.15) is 0 Å². The summed E-state index contributed by atoms with van der Waals surface area (Å²) in [5.74, 6) is 0. The topological polar surface area (TPSA) is 72.2 Å². The average Bonchev–Trinajstić information content (AvgIpc) is 2.36. The third kappa shape index (κ3) is 3.36.